The summed E-state index contributed by atoms with van der Waals surface area (Å²) in [6.07, 6.45) is -1.66. The topological polar surface area (TPSA) is 113 Å². The van der Waals surface area contributed by atoms with Gasteiger partial charge in [0, 0.05) is 29.1 Å². The van der Waals surface area contributed by atoms with Crippen molar-refractivity contribution in [2.24, 2.45) is 0 Å². The Balaban J connectivity index is 1.50. The van der Waals surface area contributed by atoms with E-state index in [2.05, 4.69) is 10.5 Å². The summed E-state index contributed by atoms with van der Waals surface area (Å²) in [5.74, 6) is -2.74. The molecule has 0 saturated carbocycles. The lowest BCUT2D eigenvalue weighted by molar-refractivity contribution is -0.147. The first-order valence-corrected chi connectivity index (χ1v) is 11.5. The Kier molecular flexibility index (Phi) is 7.77. The van der Waals surface area contributed by atoms with Crippen molar-refractivity contribution in [3.63, 3.8) is 0 Å². The van der Waals surface area contributed by atoms with Crippen molar-refractivity contribution in [2.75, 3.05) is 0 Å². The van der Waals surface area contributed by atoms with Gasteiger partial charge in [-0.1, -0.05) is 65.3 Å². The van der Waals surface area contributed by atoms with Gasteiger partial charge < -0.3 is 20.1 Å². The standard InChI is InChI=1S/C27H22ClFN2O5/c28-19-5-3-4-18(13-19)17-10-8-16(9-11-17)12-20(14-24(32)27(34)35)30-26(33)25-15-23(31-36-25)21-6-1-2-7-22(21)29/h1-11,13,15,20,24,32H,12,14H2,(H,30,33)(H,34,35). The van der Waals surface area contributed by atoms with Crippen LogP contribution in [0, 0.1) is 5.82 Å². The predicted molar refractivity (Wildman–Crippen MR) is 132 cm³/mol. The van der Waals surface area contributed by atoms with Gasteiger partial charge in [0.15, 0.2) is 6.10 Å². The zero-order valence-corrected chi connectivity index (χ0v) is 19.7. The van der Waals surface area contributed by atoms with Crippen molar-refractivity contribution in [1.29, 1.82) is 0 Å². The minimum Gasteiger partial charge on any atom is -0.479 e. The first-order valence-electron chi connectivity index (χ1n) is 11.1. The number of nitrogens with zero attached hydrogens (tertiary/aromatic N) is 1. The average molecular weight is 509 g/mol. The van der Waals surface area contributed by atoms with E-state index in [0.717, 1.165) is 16.7 Å². The number of nitrogens with one attached hydrogen (secondary N) is 1. The highest BCUT2D eigenvalue weighted by atomic mass is 35.5. The lowest BCUT2D eigenvalue weighted by atomic mass is 9.97. The molecule has 1 amide bonds. The molecule has 2 unspecified atom stereocenters. The molecule has 1 aromatic heterocycles. The van der Waals surface area contributed by atoms with E-state index in [-0.39, 0.29) is 29.9 Å². The van der Waals surface area contributed by atoms with E-state index in [9.17, 15) is 19.1 Å². The Labute approximate surface area is 211 Å². The van der Waals surface area contributed by atoms with Crippen molar-refractivity contribution in [3.05, 3.63) is 101 Å². The molecular weight excluding hydrogens is 487 g/mol. The highest BCUT2D eigenvalue weighted by Crippen LogP contribution is 2.24. The molecule has 184 valence electrons. The molecule has 0 aliphatic heterocycles. The smallest absolute Gasteiger partial charge is 0.332 e. The Bertz CT molecular complexity index is 1370. The summed E-state index contributed by atoms with van der Waals surface area (Å²) in [5, 5.41) is 26.1. The van der Waals surface area contributed by atoms with Gasteiger partial charge in [-0.2, -0.15) is 0 Å². The quantitative estimate of drug-likeness (QED) is 0.294. The summed E-state index contributed by atoms with van der Waals surface area (Å²) < 4.78 is 19.1. The number of aliphatic hydroxyl groups excluding tert-OH is 1. The zero-order chi connectivity index (χ0) is 25.7. The maximum atomic E-state index is 14.0. The normalized spacial score (nSPS) is 12.6. The SMILES string of the molecule is O=C(NC(Cc1ccc(-c2cccc(Cl)c2)cc1)CC(O)C(=O)O)c1cc(-c2ccccc2F)no1. The van der Waals surface area contributed by atoms with Crippen LogP contribution in [0.2, 0.25) is 5.02 Å². The van der Waals surface area contributed by atoms with Crippen LogP contribution in [0.25, 0.3) is 22.4 Å². The predicted octanol–water partition coefficient (Wildman–Crippen LogP) is 4.98. The van der Waals surface area contributed by atoms with Crippen LogP contribution in [-0.2, 0) is 11.2 Å². The maximum absolute atomic E-state index is 14.0. The second kappa shape index (κ2) is 11.2. The second-order valence-corrected chi connectivity index (χ2v) is 8.66. The molecule has 0 radical (unpaired) electrons. The third-order valence-electron chi connectivity index (χ3n) is 5.61. The molecule has 1 heterocycles. The first kappa shape index (κ1) is 25.1. The number of rotatable bonds is 9. The van der Waals surface area contributed by atoms with Crippen LogP contribution in [0.1, 0.15) is 22.5 Å². The van der Waals surface area contributed by atoms with E-state index in [4.69, 9.17) is 21.2 Å². The lowest BCUT2D eigenvalue weighted by Gasteiger charge is -2.20. The Morgan fingerprint density at radius 1 is 1.00 bits per heavy atom. The zero-order valence-electron chi connectivity index (χ0n) is 18.9. The average Bonchev–Trinajstić information content (AvgIpc) is 3.35. The van der Waals surface area contributed by atoms with Gasteiger partial charge in [0.05, 0.1) is 0 Å². The van der Waals surface area contributed by atoms with Gasteiger partial charge in [-0.25, -0.2) is 9.18 Å². The van der Waals surface area contributed by atoms with Gasteiger partial charge in [-0.3, -0.25) is 4.79 Å². The Morgan fingerprint density at radius 3 is 2.44 bits per heavy atom. The van der Waals surface area contributed by atoms with Gasteiger partial charge in [0.2, 0.25) is 5.76 Å². The Hall–Kier alpha value is -4.01. The third-order valence-corrected chi connectivity index (χ3v) is 5.84. The van der Waals surface area contributed by atoms with Crippen molar-refractivity contribution in [3.8, 4) is 22.4 Å². The number of carbonyl (C=O) groups excluding carboxylic acids is 1. The monoisotopic (exact) mass is 508 g/mol. The fourth-order valence-corrected chi connectivity index (χ4v) is 3.97. The van der Waals surface area contributed by atoms with Crippen LogP contribution in [0.3, 0.4) is 0 Å². The fraction of sp³-hybridized carbons (Fsp3) is 0.148. The Morgan fingerprint density at radius 2 is 1.75 bits per heavy atom. The number of aliphatic carboxylic acids is 1. The van der Waals surface area contributed by atoms with E-state index in [0.29, 0.717) is 5.02 Å². The van der Waals surface area contributed by atoms with Gasteiger partial charge in [0.1, 0.15) is 11.5 Å². The van der Waals surface area contributed by atoms with Crippen molar-refractivity contribution < 1.29 is 28.7 Å². The number of aliphatic hydroxyl groups is 1. The highest BCUT2D eigenvalue weighted by molar-refractivity contribution is 6.30. The molecule has 7 nitrogen and oxygen atoms in total. The molecule has 0 saturated heterocycles. The summed E-state index contributed by atoms with van der Waals surface area (Å²) in [4.78, 5) is 24.0. The molecule has 36 heavy (non-hydrogen) atoms. The molecule has 3 aromatic carbocycles. The molecule has 0 aliphatic rings. The number of carbonyl (C=O) groups is 2. The van der Waals surface area contributed by atoms with Gasteiger partial charge in [0.25, 0.3) is 5.91 Å². The number of hydrogen-bond acceptors (Lipinski definition) is 5. The highest BCUT2D eigenvalue weighted by Gasteiger charge is 2.24. The lowest BCUT2D eigenvalue weighted by Crippen LogP contribution is -2.40. The van der Waals surface area contributed by atoms with Crippen LogP contribution in [0.15, 0.2) is 83.4 Å². The van der Waals surface area contributed by atoms with E-state index in [1.807, 2.05) is 42.5 Å². The number of carboxylic acids is 1. The summed E-state index contributed by atoms with van der Waals surface area (Å²) in [5.41, 5.74) is 3.02. The molecule has 0 fully saturated rings. The molecule has 4 rings (SSSR count). The molecule has 0 aliphatic carbocycles. The van der Waals surface area contributed by atoms with Gasteiger partial charge in [-0.15, -0.1) is 0 Å². The summed E-state index contributed by atoms with van der Waals surface area (Å²) >= 11 is 6.07. The molecule has 2 atom stereocenters. The summed E-state index contributed by atoms with van der Waals surface area (Å²) in [7, 11) is 0. The van der Waals surface area contributed by atoms with Crippen LogP contribution in [0.5, 0.6) is 0 Å². The van der Waals surface area contributed by atoms with E-state index in [1.165, 1.54) is 24.3 Å². The minimum absolute atomic E-state index is 0.150. The van der Waals surface area contributed by atoms with Crippen LogP contribution in [0.4, 0.5) is 4.39 Å². The van der Waals surface area contributed by atoms with Gasteiger partial charge >= 0.3 is 5.97 Å². The minimum atomic E-state index is -1.68. The van der Waals surface area contributed by atoms with Crippen LogP contribution >= 0.6 is 11.6 Å². The molecular formula is C27H22ClFN2O5. The molecule has 0 bridgehead atoms. The van der Waals surface area contributed by atoms with Crippen molar-refractivity contribution in [2.45, 2.75) is 25.0 Å². The third kappa shape index (κ3) is 6.16. The van der Waals surface area contributed by atoms with E-state index < -0.39 is 29.8 Å². The first-order chi connectivity index (χ1) is 17.3. The van der Waals surface area contributed by atoms with E-state index >= 15 is 0 Å². The largest absolute Gasteiger partial charge is 0.479 e. The van der Waals surface area contributed by atoms with Crippen LogP contribution in [-0.4, -0.2) is 39.4 Å². The molecule has 3 N–H and O–H groups in total. The van der Waals surface area contributed by atoms with Crippen molar-refractivity contribution in [1.82, 2.24) is 10.5 Å². The molecule has 0 spiro atoms. The summed E-state index contributed by atoms with van der Waals surface area (Å²) in [6.45, 7) is 0. The summed E-state index contributed by atoms with van der Waals surface area (Å²) in [6, 6.07) is 21.4. The van der Waals surface area contributed by atoms with E-state index in [1.54, 1.807) is 12.1 Å². The number of aromatic nitrogens is 1. The molecule has 4 aromatic rings. The number of amides is 1. The maximum Gasteiger partial charge on any atom is 0.332 e. The fourth-order valence-electron chi connectivity index (χ4n) is 3.78. The van der Waals surface area contributed by atoms with Crippen LogP contribution < -0.4 is 5.32 Å². The molecule has 9 heteroatoms. The van der Waals surface area contributed by atoms with Gasteiger partial charge in [-0.05, 0) is 47.4 Å². The second-order valence-electron chi connectivity index (χ2n) is 8.23. The van der Waals surface area contributed by atoms with Crippen molar-refractivity contribution >= 4 is 23.5 Å². The number of benzene rings is 3. The number of halogens is 2. The number of carboxylic acid groups (broad SMARTS) is 1. The number of hydrogen-bond donors (Lipinski definition) is 3.